The molecule has 4 heteroatoms. The lowest BCUT2D eigenvalue weighted by atomic mass is 10.0. The zero-order chi connectivity index (χ0) is 13.9. The Hall–Kier alpha value is -0.320. The Morgan fingerprint density at radius 2 is 1.90 bits per heavy atom. The number of aliphatic hydroxyl groups is 1. The number of ether oxygens (including phenoxy) is 1. The van der Waals surface area contributed by atoms with E-state index in [4.69, 9.17) is 4.74 Å². The molecule has 1 aliphatic heterocycles. The maximum atomic E-state index is 10.7. The molecule has 110 valence electrons. The fourth-order valence-electron chi connectivity index (χ4n) is 2.54. The van der Waals surface area contributed by atoms with E-state index in [1.165, 1.54) is 18.6 Å². The van der Waals surface area contributed by atoms with Crippen LogP contribution in [0.5, 0.6) is 5.75 Å². The molecule has 1 saturated carbocycles. The van der Waals surface area contributed by atoms with Gasteiger partial charge in [0.05, 0.1) is 12.2 Å². The minimum absolute atomic E-state index is 0.314. The van der Waals surface area contributed by atoms with E-state index in [1.807, 2.05) is 47.8 Å². The van der Waals surface area contributed by atoms with Crippen molar-refractivity contribution in [2.45, 2.75) is 48.9 Å². The molecular weight excluding hydrogens is 288 g/mol. The lowest BCUT2D eigenvalue weighted by Gasteiger charge is -2.33. The van der Waals surface area contributed by atoms with Crippen LogP contribution in [-0.4, -0.2) is 33.2 Å². The molecule has 1 saturated heterocycles. The largest absolute Gasteiger partial charge is 0.490 e. The van der Waals surface area contributed by atoms with Crippen molar-refractivity contribution in [1.29, 1.82) is 0 Å². The average Bonchev–Trinajstić information content (AvgIpc) is 3.31. The summed E-state index contributed by atoms with van der Waals surface area (Å²) in [5, 5.41) is 11.5. The fourth-order valence-corrected chi connectivity index (χ4v) is 5.68. The van der Waals surface area contributed by atoms with E-state index in [9.17, 15) is 5.11 Å². The monoisotopic (exact) mass is 310 g/mol. The van der Waals surface area contributed by atoms with Crippen LogP contribution >= 0.6 is 23.5 Å². The van der Waals surface area contributed by atoms with Crippen LogP contribution in [-0.2, 0) is 0 Å². The van der Waals surface area contributed by atoms with Crippen LogP contribution in [0.3, 0.4) is 0 Å². The summed E-state index contributed by atoms with van der Waals surface area (Å²) in [6.07, 6.45) is 3.55. The fraction of sp³-hybridized carbons (Fsp3) is 0.625. The van der Waals surface area contributed by atoms with Gasteiger partial charge in [0.1, 0.15) is 5.75 Å². The van der Waals surface area contributed by atoms with E-state index in [0.717, 1.165) is 23.5 Å². The van der Waals surface area contributed by atoms with Crippen LogP contribution in [0.1, 0.15) is 37.9 Å². The van der Waals surface area contributed by atoms with Gasteiger partial charge in [0.25, 0.3) is 0 Å². The summed E-state index contributed by atoms with van der Waals surface area (Å²) in [6, 6.07) is 8.04. The molecule has 0 amide bonds. The first-order valence-corrected chi connectivity index (χ1v) is 9.55. The number of hydrogen-bond donors (Lipinski definition) is 1. The zero-order valence-electron chi connectivity index (χ0n) is 11.8. The summed E-state index contributed by atoms with van der Waals surface area (Å²) in [7, 11) is 0. The summed E-state index contributed by atoms with van der Waals surface area (Å²) in [6.45, 7) is 2.22. The van der Waals surface area contributed by atoms with E-state index in [1.54, 1.807) is 0 Å². The molecule has 3 unspecified atom stereocenters. The van der Waals surface area contributed by atoms with Gasteiger partial charge in [0.2, 0.25) is 0 Å². The molecule has 0 aromatic heterocycles. The summed E-state index contributed by atoms with van der Waals surface area (Å²) in [4.78, 5) is 0. The van der Waals surface area contributed by atoms with E-state index in [0.29, 0.717) is 16.6 Å². The molecule has 3 rings (SSSR count). The molecule has 0 radical (unpaired) electrons. The van der Waals surface area contributed by atoms with Crippen LogP contribution in [0, 0.1) is 0 Å². The quantitative estimate of drug-likeness (QED) is 0.893. The van der Waals surface area contributed by atoms with E-state index in [2.05, 4.69) is 6.92 Å². The van der Waals surface area contributed by atoms with Gasteiger partial charge in [-0.1, -0.05) is 19.1 Å². The molecule has 1 aromatic rings. The second-order valence-corrected chi connectivity index (χ2v) is 8.12. The molecular formula is C16H22O2S2. The topological polar surface area (TPSA) is 29.5 Å². The van der Waals surface area contributed by atoms with Crippen molar-refractivity contribution in [3.05, 3.63) is 29.8 Å². The number of rotatable bonds is 5. The molecule has 2 aliphatic rings. The van der Waals surface area contributed by atoms with Crippen molar-refractivity contribution in [1.82, 2.24) is 0 Å². The summed E-state index contributed by atoms with van der Waals surface area (Å²) in [5.41, 5.74) is 1.02. The summed E-state index contributed by atoms with van der Waals surface area (Å²) < 4.78 is 5.76. The average molecular weight is 310 g/mol. The first-order valence-electron chi connectivity index (χ1n) is 7.46. The van der Waals surface area contributed by atoms with Crippen molar-refractivity contribution in [2.24, 2.45) is 0 Å². The zero-order valence-corrected chi connectivity index (χ0v) is 13.5. The first kappa shape index (κ1) is 14.6. The van der Waals surface area contributed by atoms with Crippen molar-refractivity contribution >= 4 is 23.5 Å². The van der Waals surface area contributed by atoms with Gasteiger partial charge in [0.15, 0.2) is 0 Å². The Labute approximate surface area is 129 Å². The van der Waals surface area contributed by atoms with Gasteiger partial charge in [-0.2, -0.15) is 23.5 Å². The van der Waals surface area contributed by atoms with Crippen molar-refractivity contribution in [3.63, 3.8) is 0 Å². The molecule has 0 spiro atoms. The van der Waals surface area contributed by atoms with Gasteiger partial charge >= 0.3 is 0 Å². The molecule has 3 atom stereocenters. The van der Waals surface area contributed by atoms with Gasteiger partial charge in [-0.25, -0.2) is 0 Å². The van der Waals surface area contributed by atoms with E-state index in [-0.39, 0.29) is 6.10 Å². The Bertz CT molecular complexity index is 431. The number of aliphatic hydroxyl groups excluding tert-OH is 1. The normalized spacial score (nSPS) is 28.1. The van der Waals surface area contributed by atoms with Gasteiger partial charge in [0, 0.05) is 22.0 Å². The van der Waals surface area contributed by atoms with Crippen LogP contribution in [0.2, 0.25) is 0 Å². The highest BCUT2D eigenvalue weighted by Gasteiger charge is 2.32. The van der Waals surface area contributed by atoms with E-state index < -0.39 is 0 Å². The molecule has 0 bridgehead atoms. The van der Waals surface area contributed by atoms with Crippen LogP contribution < -0.4 is 4.74 Å². The number of benzene rings is 1. The molecule has 1 heterocycles. The second kappa shape index (κ2) is 6.63. The Morgan fingerprint density at radius 3 is 2.55 bits per heavy atom. The maximum absolute atomic E-state index is 10.7. The van der Waals surface area contributed by atoms with Crippen molar-refractivity contribution < 1.29 is 9.84 Å². The highest BCUT2D eigenvalue weighted by molar-refractivity contribution is 8.07. The first-order chi connectivity index (χ1) is 9.78. The third-order valence-electron chi connectivity index (χ3n) is 3.85. The van der Waals surface area contributed by atoms with Gasteiger partial charge in [-0.3, -0.25) is 0 Å². The standard InChI is InChI=1S/C16H22O2S2/c1-2-14-16(20-10-9-19-14)15(17)11-3-5-12(6-4-11)18-13-7-8-13/h3-6,13-17H,2,7-10H2,1H3. The predicted molar refractivity (Wildman–Crippen MR) is 87.8 cm³/mol. The maximum Gasteiger partial charge on any atom is 0.119 e. The predicted octanol–water partition coefficient (Wildman–Crippen LogP) is 3.89. The molecule has 1 aromatic carbocycles. The Balaban J connectivity index is 1.66. The van der Waals surface area contributed by atoms with E-state index >= 15 is 0 Å². The van der Waals surface area contributed by atoms with Gasteiger partial charge < -0.3 is 9.84 Å². The second-order valence-electron chi connectivity index (χ2n) is 5.48. The van der Waals surface area contributed by atoms with Crippen LogP contribution in [0.4, 0.5) is 0 Å². The van der Waals surface area contributed by atoms with Crippen LogP contribution in [0.25, 0.3) is 0 Å². The van der Waals surface area contributed by atoms with Gasteiger partial charge in [-0.05, 0) is 37.0 Å². The Morgan fingerprint density at radius 1 is 1.20 bits per heavy atom. The number of hydrogen-bond acceptors (Lipinski definition) is 4. The minimum Gasteiger partial charge on any atom is -0.490 e. The number of thioether (sulfide) groups is 2. The summed E-state index contributed by atoms with van der Waals surface area (Å²) >= 11 is 3.93. The molecule has 2 nitrogen and oxygen atoms in total. The van der Waals surface area contributed by atoms with Gasteiger partial charge in [-0.15, -0.1) is 0 Å². The molecule has 20 heavy (non-hydrogen) atoms. The lowest BCUT2D eigenvalue weighted by Crippen LogP contribution is -2.31. The van der Waals surface area contributed by atoms with Crippen molar-refractivity contribution in [2.75, 3.05) is 11.5 Å². The summed E-state index contributed by atoms with van der Waals surface area (Å²) in [5.74, 6) is 3.29. The molecule has 1 aliphatic carbocycles. The highest BCUT2D eigenvalue weighted by Crippen LogP contribution is 2.40. The lowest BCUT2D eigenvalue weighted by molar-refractivity contribution is 0.172. The minimum atomic E-state index is -0.368. The SMILES string of the molecule is CCC1SCCSC1C(O)c1ccc(OC2CC2)cc1. The molecule has 1 N–H and O–H groups in total. The molecule has 2 fully saturated rings. The third-order valence-corrected chi connectivity index (χ3v) is 7.19. The highest BCUT2D eigenvalue weighted by atomic mass is 32.2. The Kier molecular flexibility index (Phi) is 4.84. The smallest absolute Gasteiger partial charge is 0.119 e. The third kappa shape index (κ3) is 3.46. The van der Waals surface area contributed by atoms with Crippen molar-refractivity contribution in [3.8, 4) is 5.75 Å². The van der Waals surface area contributed by atoms with Crippen LogP contribution in [0.15, 0.2) is 24.3 Å².